The standard InChI is InChI=1S/C15H19N3O/c1-18(11-12-5-3-2-4-6-12)15(19)14-9-13(10-16)7-8-17-14/h7-9,12H,2-6,11H2,1H3. The molecule has 19 heavy (non-hydrogen) atoms. The highest BCUT2D eigenvalue weighted by atomic mass is 16.2. The van der Waals surface area contributed by atoms with Crippen molar-refractivity contribution in [3.63, 3.8) is 0 Å². The maximum absolute atomic E-state index is 12.2. The molecule has 0 aromatic carbocycles. The molecule has 100 valence electrons. The van der Waals surface area contributed by atoms with Crippen molar-refractivity contribution in [1.82, 2.24) is 9.88 Å². The minimum Gasteiger partial charge on any atom is -0.340 e. The molecule has 0 atom stereocenters. The predicted molar refractivity (Wildman–Crippen MR) is 72.5 cm³/mol. The van der Waals surface area contributed by atoms with Gasteiger partial charge in [-0.2, -0.15) is 5.26 Å². The summed E-state index contributed by atoms with van der Waals surface area (Å²) in [6.07, 6.45) is 7.80. The predicted octanol–water partition coefficient (Wildman–Crippen LogP) is 2.61. The SMILES string of the molecule is CN(CC1CCCCC1)C(=O)c1cc(C#N)ccn1. The first kappa shape index (κ1) is 13.5. The van der Waals surface area contributed by atoms with E-state index in [0.29, 0.717) is 17.2 Å². The van der Waals surface area contributed by atoms with E-state index in [-0.39, 0.29) is 5.91 Å². The van der Waals surface area contributed by atoms with Gasteiger partial charge in [0.05, 0.1) is 11.6 Å². The van der Waals surface area contributed by atoms with Gasteiger partial charge in [-0.3, -0.25) is 9.78 Å². The zero-order valence-electron chi connectivity index (χ0n) is 11.3. The van der Waals surface area contributed by atoms with E-state index in [0.717, 1.165) is 6.54 Å². The van der Waals surface area contributed by atoms with Crippen molar-refractivity contribution in [1.29, 1.82) is 5.26 Å². The Bertz CT molecular complexity index is 486. The van der Waals surface area contributed by atoms with Crippen LogP contribution in [0, 0.1) is 17.2 Å². The van der Waals surface area contributed by atoms with Crippen LogP contribution in [0.15, 0.2) is 18.3 Å². The van der Waals surface area contributed by atoms with Gasteiger partial charge in [0.15, 0.2) is 0 Å². The first-order chi connectivity index (χ1) is 9.20. The van der Waals surface area contributed by atoms with E-state index >= 15 is 0 Å². The molecule has 1 saturated carbocycles. The van der Waals surface area contributed by atoms with Gasteiger partial charge in [-0.05, 0) is 30.9 Å². The van der Waals surface area contributed by atoms with Crippen LogP contribution in [-0.4, -0.2) is 29.4 Å². The summed E-state index contributed by atoms with van der Waals surface area (Å²) < 4.78 is 0. The summed E-state index contributed by atoms with van der Waals surface area (Å²) in [4.78, 5) is 18.0. The van der Waals surface area contributed by atoms with Crippen molar-refractivity contribution in [3.05, 3.63) is 29.6 Å². The summed E-state index contributed by atoms with van der Waals surface area (Å²) in [5.74, 6) is 0.518. The highest BCUT2D eigenvalue weighted by Crippen LogP contribution is 2.24. The van der Waals surface area contributed by atoms with E-state index in [1.165, 1.54) is 38.3 Å². The van der Waals surface area contributed by atoms with E-state index in [9.17, 15) is 4.79 Å². The van der Waals surface area contributed by atoms with Crippen LogP contribution in [0.25, 0.3) is 0 Å². The van der Waals surface area contributed by atoms with Gasteiger partial charge in [-0.25, -0.2) is 0 Å². The molecule has 0 bridgehead atoms. The largest absolute Gasteiger partial charge is 0.340 e. The molecule has 4 nitrogen and oxygen atoms in total. The van der Waals surface area contributed by atoms with Crippen molar-refractivity contribution < 1.29 is 4.79 Å². The first-order valence-electron chi connectivity index (χ1n) is 6.82. The summed E-state index contributed by atoms with van der Waals surface area (Å²) in [6, 6.07) is 5.20. The lowest BCUT2D eigenvalue weighted by Crippen LogP contribution is -2.33. The van der Waals surface area contributed by atoms with E-state index in [4.69, 9.17) is 5.26 Å². The Morgan fingerprint density at radius 2 is 2.21 bits per heavy atom. The Hall–Kier alpha value is -1.89. The summed E-state index contributed by atoms with van der Waals surface area (Å²) in [6.45, 7) is 0.789. The molecule has 4 heteroatoms. The summed E-state index contributed by atoms with van der Waals surface area (Å²) in [7, 11) is 1.82. The second kappa shape index (κ2) is 6.33. The number of hydrogen-bond acceptors (Lipinski definition) is 3. The van der Waals surface area contributed by atoms with Crippen LogP contribution >= 0.6 is 0 Å². The Labute approximate surface area is 114 Å². The molecule has 1 fully saturated rings. The van der Waals surface area contributed by atoms with Crippen molar-refractivity contribution in [2.45, 2.75) is 32.1 Å². The van der Waals surface area contributed by atoms with Gasteiger partial charge < -0.3 is 4.90 Å². The number of amides is 1. The third kappa shape index (κ3) is 3.54. The van der Waals surface area contributed by atoms with E-state index in [1.54, 1.807) is 17.0 Å². The monoisotopic (exact) mass is 257 g/mol. The zero-order valence-corrected chi connectivity index (χ0v) is 11.3. The summed E-state index contributed by atoms with van der Waals surface area (Å²) in [5.41, 5.74) is 0.835. The van der Waals surface area contributed by atoms with Gasteiger partial charge >= 0.3 is 0 Å². The van der Waals surface area contributed by atoms with Gasteiger partial charge in [0.25, 0.3) is 5.91 Å². The lowest BCUT2D eigenvalue weighted by Gasteiger charge is -2.26. The minimum absolute atomic E-state index is 0.0947. The fraction of sp³-hybridized carbons (Fsp3) is 0.533. The summed E-state index contributed by atoms with van der Waals surface area (Å²) in [5, 5.41) is 8.84. The molecule has 1 aliphatic carbocycles. The van der Waals surface area contributed by atoms with Crippen molar-refractivity contribution in [2.24, 2.45) is 5.92 Å². The molecule has 0 saturated heterocycles. The lowest BCUT2D eigenvalue weighted by atomic mass is 9.89. The van der Waals surface area contributed by atoms with Gasteiger partial charge in [0.2, 0.25) is 0 Å². The van der Waals surface area contributed by atoms with Crippen LogP contribution in [0.3, 0.4) is 0 Å². The fourth-order valence-corrected chi connectivity index (χ4v) is 2.65. The molecule has 2 rings (SSSR count). The van der Waals surface area contributed by atoms with Crippen LogP contribution < -0.4 is 0 Å². The normalized spacial score (nSPS) is 15.8. The topological polar surface area (TPSA) is 57.0 Å². The quantitative estimate of drug-likeness (QED) is 0.836. The molecule has 1 amide bonds. The Morgan fingerprint density at radius 3 is 2.89 bits per heavy atom. The molecule has 0 N–H and O–H groups in total. The number of pyridine rings is 1. The van der Waals surface area contributed by atoms with Gasteiger partial charge in [0.1, 0.15) is 5.69 Å². The average molecular weight is 257 g/mol. The number of hydrogen-bond donors (Lipinski definition) is 0. The lowest BCUT2D eigenvalue weighted by molar-refractivity contribution is 0.0754. The van der Waals surface area contributed by atoms with Gasteiger partial charge in [0, 0.05) is 19.8 Å². The Morgan fingerprint density at radius 1 is 1.47 bits per heavy atom. The second-order valence-electron chi connectivity index (χ2n) is 5.23. The molecule has 1 aromatic heterocycles. The second-order valence-corrected chi connectivity index (χ2v) is 5.23. The van der Waals surface area contributed by atoms with Gasteiger partial charge in [-0.15, -0.1) is 0 Å². The summed E-state index contributed by atoms with van der Waals surface area (Å²) >= 11 is 0. The number of carbonyl (C=O) groups is 1. The molecule has 0 spiro atoms. The molecular weight excluding hydrogens is 238 g/mol. The number of rotatable bonds is 3. The van der Waals surface area contributed by atoms with Crippen molar-refractivity contribution in [3.8, 4) is 6.07 Å². The zero-order chi connectivity index (χ0) is 13.7. The van der Waals surface area contributed by atoms with Gasteiger partial charge in [-0.1, -0.05) is 19.3 Å². The highest BCUT2D eigenvalue weighted by molar-refractivity contribution is 5.92. The molecule has 0 radical (unpaired) electrons. The van der Waals surface area contributed by atoms with Crippen molar-refractivity contribution >= 4 is 5.91 Å². The maximum Gasteiger partial charge on any atom is 0.272 e. The third-order valence-electron chi connectivity index (χ3n) is 3.71. The molecule has 0 aliphatic heterocycles. The number of aromatic nitrogens is 1. The number of carbonyl (C=O) groups excluding carboxylic acids is 1. The highest BCUT2D eigenvalue weighted by Gasteiger charge is 2.19. The van der Waals surface area contributed by atoms with Crippen LogP contribution in [-0.2, 0) is 0 Å². The van der Waals surface area contributed by atoms with Crippen LogP contribution in [0.2, 0.25) is 0 Å². The maximum atomic E-state index is 12.2. The smallest absolute Gasteiger partial charge is 0.272 e. The van der Waals surface area contributed by atoms with E-state index in [1.807, 2.05) is 13.1 Å². The van der Waals surface area contributed by atoms with Crippen LogP contribution in [0.5, 0.6) is 0 Å². The molecule has 1 heterocycles. The Balaban J connectivity index is 1.99. The first-order valence-corrected chi connectivity index (χ1v) is 6.82. The van der Waals surface area contributed by atoms with E-state index < -0.39 is 0 Å². The Kier molecular flexibility index (Phi) is 4.51. The van der Waals surface area contributed by atoms with Crippen LogP contribution in [0.1, 0.15) is 48.2 Å². The average Bonchev–Trinajstić information content (AvgIpc) is 2.47. The third-order valence-corrected chi connectivity index (χ3v) is 3.71. The van der Waals surface area contributed by atoms with Crippen LogP contribution in [0.4, 0.5) is 0 Å². The number of nitrogens with zero attached hydrogens (tertiary/aromatic N) is 3. The molecular formula is C15H19N3O. The van der Waals surface area contributed by atoms with Crippen molar-refractivity contribution in [2.75, 3.05) is 13.6 Å². The fourth-order valence-electron chi connectivity index (χ4n) is 2.65. The molecule has 1 aliphatic rings. The molecule has 1 aromatic rings. The van der Waals surface area contributed by atoms with E-state index in [2.05, 4.69) is 4.98 Å². The minimum atomic E-state index is -0.0947. The number of nitriles is 1. The molecule has 0 unspecified atom stereocenters.